The fourth-order valence-corrected chi connectivity index (χ4v) is 1.92. The Labute approximate surface area is 92.6 Å². The highest BCUT2D eigenvalue weighted by atomic mass is 16.2. The van der Waals surface area contributed by atoms with Crippen molar-refractivity contribution in [2.45, 2.75) is 26.7 Å². The summed E-state index contributed by atoms with van der Waals surface area (Å²) in [6.07, 6.45) is 2.16. The number of carbonyl (C=O) groups is 1. The van der Waals surface area contributed by atoms with Crippen LogP contribution in [-0.4, -0.2) is 55.1 Å². The summed E-state index contributed by atoms with van der Waals surface area (Å²) < 4.78 is 0. The van der Waals surface area contributed by atoms with Crippen molar-refractivity contribution in [2.24, 2.45) is 0 Å². The molecule has 0 radical (unpaired) electrons. The molecule has 15 heavy (non-hydrogen) atoms. The second-order valence-corrected chi connectivity index (χ2v) is 3.95. The van der Waals surface area contributed by atoms with Crippen LogP contribution in [0.1, 0.15) is 26.7 Å². The molecule has 88 valence electrons. The zero-order valence-electron chi connectivity index (χ0n) is 9.96. The van der Waals surface area contributed by atoms with E-state index in [2.05, 4.69) is 24.1 Å². The van der Waals surface area contributed by atoms with Crippen LogP contribution in [0.2, 0.25) is 0 Å². The maximum absolute atomic E-state index is 11.4. The first-order chi connectivity index (χ1) is 7.27. The van der Waals surface area contributed by atoms with Gasteiger partial charge in [-0.05, 0) is 32.5 Å². The van der Waals surface area contributed by atoms with Gasteiger partial charge in [0.05, 0.1) is 0 Å². The van der Waals surface area contributed by atoms with Crippen LogP contribution in [0.25, 0.3) is 0 Å². The summed E-state index contributed by atoms with van der Waals surface area (Å²) in [6.45, 7) is 10.3. The average Bonchev–Trinajstić information content (AvgIpc) is 2.27. The van der Waals surface area contributed by atoms with E-state index in [1.54, 1.807) is 0 Å². The van der Waals surface area contributed by atoms with Crippen LogP contribution in [-0.2, 0) is 0 Å². The zero-order valence-corrected chi connectivity index (χ0v) is 9.96. The molecule has 1 rings (SSSR count). The van der Waals surface area contributed by atoms with Gasteiger partial charge >= 0.3 is 6.03 Å². The molecule has 0 unspecified atom stereocenters. The minimum atomic E-state index is 0.112. The molecule has 2 amide bonds. The number of amides is 2. The van der Waals surface area contributed by atoms with Crippen LogP contribution >= 0.6 is 0 Å². The molecule has 1 fully saturated rings. The van der Waals surface area contributed by atoms with Gasteiger partial charge in [0.2, 0.25) is 0 Å². The van der Waals surface area contributed by atoms with Crippen molar-refractivity contribution < 1.29 is 4.79 Å². The predicted octanol–water partition coefficient (Wildman–Crippen LogP) is 1.13. The fraction of sp³-hybridized carbons (Fsp3) is 0.909. The molecule has 1 N–H and O–H groups in total. The molecule has 0 bridgehead atoms. The molecule has 0 spiro atoms. The van der Waals surface area contributed by atoms with Crippen molar-refractivity contribution in [3.63, 3.8) is 0 Å². The number of carbonyl (C=O) groups excluding carboxylic acids is 1. The van der Waals surface area contributed by atoms with Gasteiger partial charge in [0.1, 0.15) is 0 Å². The maximum atomic E-state index is 11.4. The van der Waals surface area contributed by atoms with E-state index in [9.17, 15) is 4.79 Å². The number of nitrogens with one attached hydrogen (secondary N) is 1. The molecular formula is C11H23N3O. The third kappa shape index (κ3) is 4.08. The Hall–Kier alpha value is -0.770. The van der Waals surface area contributed by atoms with Crippen molar-refractivity contribution in [1.29, 1.82) is 0 Å². The van der Waals surface area contributed by atoms with Crippen LogP contribution in [0.3, 0.4) is 0 Å². The van der Waals surface area contributed by atoms with E-state index < -0.39 is 0 Å². The van der Waals surface area contributed by atoms with E-state index in [-0.39, 0.29) is 6.03 Å². The molecule has 1 saturated heterocycles. The van der Waals surface area contributed by atoms with Crippen LogP contribution in [0.5, 0.6) is 0 Å². The normalized spacial score (nSPS) is 17.0. The van der Waals surface area contributed by atoms with Gasteiger partial charge in [-0.3, -0.25) is 0 Å². The molecule has 1 aliphatic rings. The number of hydrogen-bond donors (Lipinski definition) is 1. The molecule has 0 atom stereocenters. The van der Waals surface area contributed by atoms with E-state index in [1.807, 2.05) is 4.90 Å². The summed E-state index contributed by atoms with van der Waals surface area (Å²) in [5, 5.41) is 2.87. The fourth-order valence-electron chi connectivity index (χ4n) is 1.92. The monoisotopic (exact) mass is 213 g/mol. The lowest BCUT2D eigenvalue weighted by atomic mass is 10.3. The highest BCUT2D eigenvalue weighted by Crippen LogP contribution is 2.01. The first-order valence-electron chi connectivity index (χ1n) is 6.03. The van der Waals surface area contributed by atoms with Crippen LogP contribution in [0.4, 0.5) is 4.79 Å². The van der Waals surface area contributed by atoms with Gasteiger partial charge in [0.15, 0.2) is 0 Å². The van der Waals surface area contributed by atoms with E-state index >= 15 is 0 Å². The van der Waals surface area contributed by atoms with E-state index in [0.29, 0.717) is 0 Å². The third-order valence-electron chi connectivity index (χ3n) is 2.97. The minimum Gasteiger partial charge on any atom is -0.338 e. The average molecular weight is 213 g/mol. The summed E-state index contributed by atoms with van der Waals surface area (Å²) in [7, 11) is 0. The SMILES string of the molecule is CCN(CC)CCCN1CCCNC1=O. The smallest absolute Gasteiger partial charge is 0.317 e. The van der Waals surface area contributed by atoms with Gasteiger partial charge in [-0.1, -0.05) is 13.8 Å². The number of rotatable bonds is 6. The van der Waals surface area contributed by atoms with Gasteiger partial charge in [-0.15, -0.1) is 0 Å². The Morgan fingerprint density at radius 3 is 2.73 bits per heavy atom. The molecule has 0 aliphatic carbocycles. The van der Waals surface area contributed by atoms with Crippen LogP contribution in [0.15, 0.2) is 0 Å². The van der Waals surface area contributed by atoms with Crippen LogP contribution < -0.4 is 5.32 Å². The number of nitrogens with zero attached hydrogens (tertiary/aromatic N) is 2. The van der Waals surface area contributed by atoms with Gasteiger partial charge < -0.3 is 15.1 Å². The molecule has 0 aromatic carbocycles. The predicted molar refractivity (Wildman–Crippen MR) is 62.0 cm³/mol. The Balaban J connectivity index is 2.15. The molecule has 1 aliphatic heterocycles. The van der Waals surface area contributed by atoms with Crippen molar-refractivity contribution in [3.05, 3.63) is 0 Å². The van der Waals surface area contributed by atoms with Crippen molar-refractivity contribution in [3.8, 4) is 0 Å². The largest absolute Gasteiger partial charge is 0.338 e. The Bertz CT molecular complexity index is 192. The lowest BCUT2D eigenvalue weighted by Gasteiger charge is -2.28. The quantitative estimate of drug-likeness (QED) is 0.718. The van der Waals surface area contributed by atoms with E-state index in [1.165, 1.54) is 0 Å². The number of hydrogen-bond acceptors (Lipinski definition) is 2. The van der Waals surface area contributed by atoms with Crippen LogP contribution in [0, 0.1) is 0 Å². The van der Waals surface area contributed by atoms with Gasteiger partial charge in [-0.25, -0.2) is 4.79 Å². The first-order valence-corrected chi connectivity index (χ1v) is 6.03. The highest BCUT2D eigenvalue weighted by molar-refractivity contribution is 5.74. The Morgan fingerprint density at radius 2 is 2.13 bits per heavy atom. The Kier molecular flexibility index (Phi) is 5.47. The molecule has 0 saturated carbocycles. The van der Waals surface area contributed by atoms with Crippen molar-refractivity contribution >= 4 is 6.03 Å². The van der Waals surface area contributed by atoms with Crippen molar-refractivity contribution in [2.75, 3.05) is 39.3 Å². The number of urea groups is 1. The second-order valence-electron chi connectivity index (χ2n) is 3.95. The molecule has 4 nitrogen and oxygen atoms in total. The summed E-state index contributed by atoms with van der Waals surface area (Å²) >= 11 is 0. The summed E-state index contributed by atoms with van der Waals surface area (Å²) in [6, 6.07) is 0.112. The summed E-state index contributed by atoms with van der Waals surface area (Å²) in [4.78, 5) is 15.7. The molecular weight excluding hydrogens is 190 g/mol. The summed E-state index contributed by atoms with van der Waals surface area (Å²) in [5.41, 5.74) is 0. The van der Waals surface area contributed by atoms with Gasteiger partial charge in [0.25, 0.3) is 0 Å². The van der Waals surface area contributed by atoms with Crippen molar-refractivity contribution in [1.82, 2.24) is 15.1 Å². The lowest BCUT2D eigenvalue weighted by Crippen LogP contribution is -2.47. The lowest BCUT2D eigenvalue weighted by molar-refractivity contribution is 0.181. The first kappa shape index (κ1) is 12.3. The minimum absolute atomic E-state index is 0.112. The molecule has 0 aromatic heterocycles. The van der Waals surface area contributed by atoms with Gasteiger partial charge in [-0.2, -0.15) is 0 Å². The molecule has 4 heteroatoms. The topological polar surface area (TPSA) is 35.6 Å². The maximum Gasteiger partial charge on any atom is 0.317 e. The zero-order chi connectivity index (χ0) is 11.1. The second kappa shape index (κ2) is 6.67. The molecule has 0 aromatic rings. The third-order valence-corrected chi connectivity index (χ3v) is 2.97. The summed E-state index contributed by atoms with van der Waals surface area (Å²) in [5.74, 6) is 0. The molecule has 1 heterocycles. The van der Waals surface area contributed by atoms with E-state index in [4.69, 9.17) is 0 Å². The standard InChI is InChI=1S/C11H23N3O/c1-3-13(4-2)8-6-10-14-9-5-7-12-11(14)15/h3-10H2,1-2H3,(H,12,15). The Morgan fingerprint density at radius 1 is 1.40 bits per heavy atom. The highest BCUT2D eigenvalue weighted by Gasteiger charge is 2.16. The van der Waals surface area contributed by atoms with Gasteiger partial charge in [0, 0.05) is 19.6 Å². The van der Waals surface area contributed by atoms with E-state index in [0.717, 1.165) is 52.1 Å².